The Balaban J connectivity index is 3.49. The average Bonchev–Trinajstić information content (AvgIpc) is 2.21. The molecule has 0 aromatic rings. The first-order valence-electron chi connectivity index (χ1n) is 6.27. The second-order valence-electron chi connectivity index (χ2n) is 4.04. The lowest BCUT2D eigenvalue weighted by Gasteiger charge is -2.21. The van der Waals surface area contributed by atoms with Crippen LogP contribution in [0.2, 0.25) is 0 Å². The van der Waals surface area contributed by atoms with E-state index in [1.165, 1.54) is 58.2 Å². The zero-order valence-corrected chi connectivity index (χ0v) is 10.1. The highest BCUT2D eigenvalue weighted by Gasteiger charge is 2.02. The predicted octanol–water partition coefficient (Wildman–Crippen LogP) is 2.63. The fourth-order valence-electron chi connectivity index (χ4n) is 1.58. The summed E-state index contributed by atoms with van der Waals surface area (Å²) in [4.78, 5) is 2.60. The third-order valence-electron chi connectivity index (χ3n) is 2.58. The summed E-state index contributed by atoms with van der Waals surface area (Å²) in [5, 5.41) is 0. The molecule has 0 aromatic heterocycles. The van der Waals surface area contributed by atoms with Gasteiger partial charge in [-0.1, -0.05) is 26.7 Å². The summed E-state index contributed by atoms with van der Waals surface area (Å²) in [6.07, 6.45) is 7.73. The van der Waals surface area contributed by atoms with E-state index in [1.54, 1.807) is 0 Å². The molecule has 0 saturated heterocycles. The van der Waals surface area contributed by atoms with E-state index in [4.69, 9.17) is 5.73 Å². The number of unbranched alkanes of at least 4 members (excludes halogenated alkanes) is 3. The minimum atomic E-state index is 0.843. The van der Waals surface area contributed by atoms with Gasteiger partial charge in [-0.05, 0) is 51.9 Å². The molecule has 0 amide bonds. The molecule has 0 fully saturated rings. The summed E-state index contributed by atoms with van der Waals surface area (Å²) in [6.45, 7) is 9.17. The van der Waals surface area contributed by atoms with E-state index in [1.807, 2.05) is 0 Å². The summed E-state index contributed by atoms with van der Waals surface area (Å²) >= 11 is 0. The Morgan fingerprint density at radius 3 is 1.71 bits per heavy atom. The molecule has 0 radical (unpaired) electrons. The van der Waals surface area contributed by atoms with Crippen LogP contribution in [0.4, 0.5) is 0 Å². The van der Waals surface area contributed by atoms with Gasteiger partial charge in [0.2, 0.25) is 0 Å². The second kappa shape index (κ2) is 11.0. The van der Waals surface area contributed by atoms with Crippen molar-refractivity contribution in [2.45, 2.75) is 52.4 Å². The van der Waals surface area contributed by atoms with Crippen molar-refractivity contribution in [2.75, 3.05) is 26.2 Å². The van der Waals surface area contributed by atoms with Crippen molar-refractivity contribution in [3.05, 3.63) is 0 Å². The SMILES string of the molecule is CCCCN(CCCC)CCCCN. The Bertz CT molecular complexity index is 96.5. The van der Waals surface area contributed by atoms with E-state index in [9.17, 15) is 0 Å². The van der Waals surface area contributed by atoms with Gasteiger partial charge in [-0.15, -0.1) is 0 Å². The molecule has 0 aromatic carbocycles. The predicted molar refractivity (Wildman–Crippen MR) is 64.5 cm³/mol. The average molecular weight is 200 g/mol. The standard InChI is InChI=1S/C12H28N2/c1-3-5-10-14(11-6-4-2)12-8-7-9-13/h3-13H2,1-2H3. The molecule has 0 heterocycles. The molecule has 0 aliphatic heterocycles. The quantitative estimate of drug-likeness (QED) is 0.549. The molecule has 0 unspecified atom stereocenters. The first-order valence-corrected chi connectivity index (χ1v) is 6.27. The van der Waals surface area contributed by atoms with Crippen LogP contribution in [0.15, 0.2) is 0 Å². The van der Waals surface area contributed by atoms with E-state index in [0.717, 1.165) is 6.54 Å². The topological polar surface area (TPSA) is 29.3 Å². The van der Waals surface area contributed by atoms with Crippen LogP contribution < -0.4 is 5.73 Å². The Kier molecular flexibility index (Phi) is 10.9. The second-order valence-corrected chi connectivity index (χ2v) is 4.04. The van der Waals surface area contributed by atoms with Gasteiger partial charge in [0.15, 0.2) is 0 Å². The minimum Gasteiger partial charge on any atom is -0.330 e. The van der Waals surface area contributed by atoms with Crippen molar-refractivity contribution < 1.29 is 0 Å². The summed E-state index contributed by atoms with van der Waals surface area (Å²) in [5.41, 5.74) is 5.50. The summed E-state index contributed by atoms with van der Waals surface area (Å²) in [7, 11) is 0. The highest BCUT2D eigenvalue weighted by Crippen LogP contribution is 2.01. The summed E-state index contributed by atoms with van der Waals surface area (Å²) < 4.78 is 0. The maximum atomic E-state index is 5.50. The van der Waals surface area contributed by atoms with Gasteiger partial charge in [0.1, 0.15) is 0 Å². The van der Waals surface area contributed by atoms with Gasteiger partial charge in [-0.25, -0.2) is 0 Å². The Hall–Kier alpha value is -0.0800. The van der Waals surface area contributed by atoms with Crippen LogP contribution in [0.1, 0.15) is 52.4 Å². The molecule has 2 nitrogen and oxygen atoms in total. The van der Waals surface area contributed by atoms with Crippen LogP contribution in [0, 0.1) is 0 Å². The van der Waals surface area contributed by atoms with Gasteiger partial charge in [0.05, 0.1) is 0 Å². The molecular weight excluding hydrogens is 172 g/mol. The van der Waals surface area contributed by atoms with Crippen LogP contribution in [-0.4, -0.2) is 31.1 Å². The maximum Gasteiger partial charge on any atom is -0.00183 e. The fourth-order valence-corrected chi connectivity index (χ4v) is 1.58. The smallest absolute Gasteiger partial charge is 0.00183 e. The minimum absolute atomic E-state index is 0.843. The highest BCUT2D eigenvalue weighted by atomic mass is 15.1. The van der Waals surface area contributed by atoms with Crippen LogP contribution in [0.5, 0.6) is 0 Å². The molecule has 0 aliphatic rings. The molecule has 86 valence electrons. The zero-order chi connectivity index (χ0) is 10.6. The van der Waals surface area contributed by atoms with Crippen LogP contribution in [0.3, 0.4) is 0 Å². The number of nitrogens with zero attached hydrogens (tertiary/aromatic N) is 1. The molecule has 0 rings (SSSR count). The molecule has 0 spiro atoms. The van der Waals surface area contributed by atoms with Gasteiger partial charge in [0.25, 0.3) is 0 Å². The lowest BCUT2D eigenvalue weighted by atomic mass is 10.2. The number of rotatable bonds is 10. The first-order chi connectivity index (χ1) is 6.85. The third-order valence-corrected chi connectivity index (χ3v) is 2.58. The Morgan fingerprint density at radius 2 is 1.29 bits per heavy atom. The number of hydrogen-bond donors (Lipinski definition) is 1. The van der Waals surface area contributed by atoms with Crippen molar-refractivity contribution in [1.82, 2.24) is 4.90 Å². The Morgan fingerprint density at radius 1 is 0.786 bits per heavy atom. The monoisotopic (exact) mass is 200 g/mol. The van der Waals surface area contributed by atoms with E-state index >= 15 is 0 Å². The van der Waals surface area contributed by atoms with Crippen molar-refractivity contribution in [3.8, 4) is 0 Å². The summed E-state index contributed by atoms with van der Waals surface area (Å²) in [5.74, 6) is 0. The lowest BCUT2D eigenvalue weighted by molar-refractivity contribution is 0.260. The van der Waals surface area contributed by atoms with Gasteiger partial charge in [-0.2, -0.15) is 0 Å². The molecule has 0 bridgehead atoms. The van der Waals surface area contributed by atoms with Crippen LogP contribution >= 0.6 is 0 Å². The normalized spacial score (nSPS) is 11.1. The molecule has 0 atom stereocenters. The van der Waals surface area contributed by atoms with Gasteiger partial charge in [-0.3, -0.25) is 0 Å². The van der Waals surface area contributed by atoms with Gasteiger partial charge < -0.3 is 10.6 Å². The zero-order valence-electron chi connectivity index (χ0n) is 10.1. The molecule has 2 N–H and O–H groups in total. The molecule has 0 saturated carbocycles. The molecule has 0 aliphatic carbocycles. The molecule has 14 heavy (non-hydrogen) atoms. The molecular formula is C12H28N2. The highest BCUT2D eigenvalue weighted by molar-refractivity contribution is 4.58. The van der Waals surface area contributed by atoms with Gasteiger partial charge in [0, 0.05) is 0 Å². The molecule has 2 heteroatoms. The summed E-state index contributed by atoms with van der Waals surface area (Å²) in [6, 6.07) is 0. The number of hydrogen-bond acceptors (Lipinski definition) is 2. The largest absolute Gasteiger partial charge is 0.330 e. The van der Waals surface area contributed by atoms with Crippen molar-refractivity contribution in [2.24, 2.45) is 5.73 Å². The maximum absolute atomic E-state index is 5.50. The van der Waals surface area contributed by atoms with Crippen LogP contribution in [-0.2, 0) is 0 Å². The fraction of sp³-hybridized carbons (Fsp3) is 1.00. The lowest BCUT2D eigenvalue weighted by Crippen LogP contribution is -2.27. The van der Waals surface area contributed by atoms with Crippen molar-refractivity contribution in [3.63, 3.8) is 0 Å². The van der Waals surface area contributed by atoms with Crippen molar-refractivity contribution in [1.29, 1.82) is 0 Å². The Labute approximate surface area is 89.9 Å². The number of nitrogens with two attached hydrogens (primary N) is 1. The third kappa shape index (κ3) is 8.52. The van der Waals surface area contributed by atoms with E-state index < -0.39 is 0 Å². The van der Waals surface area contributed by atoms with Crippen molar-refractivity contribution >= 4 is 0 Å². The van der Waals surface area contributed by atoms with E-state index in [2.05, 4.69) is 18.7 Å². The van der Waals surface area contributed by atoms with E-state index in [0.29, 0.717) is 0 Å². The van der Waals surface area contributed by atoms with E-state index in [-0.39, 0.29) is 0 Å². The van der Waals surface area contributed by atoms with Gasteiger partial charge >= 0.3 is 0 Å². The van der Waals surface area contributed by atoms with Crippen LogP contribution in [0.25, 0.3) is 0 Å². The first kappa shape index (κ1) is 13.9.